The van der Waals surface area contributed by atoms with E-state index < -0.39 is 24.3 Å². The van der Waals surface area contributed by atoms with E-state index >= 15 is 0 Å². The summed E-state index contributed by atoms with van der Waals surface area (Å²) in [7, 11) is 0. The highest BCUT2D eigenvalue weighted by Crippen LogP contribution is 2.39. The van der Waals surface area contributed by atoms with Gasteiger partial charge in [0.15, 0.2) is 6.10 Å². The van der Waals surface area contributed by atoms with Crippen LogP contribution in [-0.4, -0.2) is 35.0 Å². The van der Waals surface area contributed by atoms with Gasteiger partial charge in [0.1, 0.15) is 11.9 Å². The molecule has 0 aliphatic rings. The highest BCUT2D eigenvalue weighted by atomic mass is 79.9. The number of hydrogen-bond acceptors (Lipinski definition) is 5. The van der Waals surface area contributed by atoms with E-state index in [0.717, 1.165) is 6.08 Å². The summed E-state index contributed by atoms with van der Waals surface area (Å²) in [6, 6.07) is 11.9. The smallest absolute Gasteiger partial charge is 0.412 e. The van der Waals surface area contributed by atoms with Crippen molar-refractivity contribution in [1.29, 1.82) is 0 Å². The monoisotopic (exact) mass is 527 g/mol. The molecule has 2 atom stereocenters. The summed E-state index contributed by atoms with van der Waals surface area (Å²) in [5, 5.41) is 22.1. The molecule has 2 aromatic rings. The number of amides is 1. The molecule has 0 saturated heterocycles. The first-order valence-corrected chi connectivity index (χ1v) is 10.1. The van der Waals surface area contributed by atoms with Crippen LogP contribution in [0, 0.1) is 0 Å². The number of carbonyl (C=O) groups excluding carboxylic acids is 1. The molecular formula is C20H19Br2NO6. The van der Waals surface area contributed by atoms with Crippen molar-refractivity contribution in [3.05, 3.63) is 69.1 Å². The molecule has 0 unspecified atom stereocenters. The third-order valence-corrected chi connectivity index (χ3v) is 4.77. The molecular weight excluding hydrogens is 510 g/mol. The van der Waals surface area contributed by atoms with Crippen molar-refractivity contribution in [3.63, 3.8) is 0 Å². The van der Waals surface area contributed by atoms with Crippen LogP contribution in [0.25, 0.3) is 0 Å². The number of phenols is 1. The molecule has 0 bridgehead atoms. The SMILES string of the molecule is CCO[C@H](/C=C/C(=O)O)[C@H](OC(=O)Nc1ccccc1)c1cc(Br)cc(Br)c1O. The Balaban J connectivity index is 2.41. The van der Waals surface area contributed by atoms with Gasteiger partial charge in [-0.05, 0) is 53.2 Å². The molecule has 2 aromatic carbocycles. The zero-order chi connectivity index (χ0) is 21.4. The zero-order valence-electron chi connectivity index (χ0n) is 15.3. The van der Waals surface area contributed by atoms with E-state index in [0.29, 0.717) is 14.6 Å². The van der Waals surface area contributed by atoms with Crippen molar-refractivity contribution >= 4 is 49.6 Å². The molecule has 1 amide bonds. The Morgan fingerprint density at radius 2 is 1.90 bits per heavy atom. The second kappa shape index (κ2) is 11.0. The maximum Gasteiger partial charge on any atom is 0.412 e. The predicted octanol–water partition coefficient (Wildman–Crippen LogP) is 5.25. The lowest BCUT2D eigenvalue weighted by Crippen LogP contribution is -2.28. The molecule has 2 rings (SSSR count). The minimum atomic E-state index is -1.18. The van der Waals surface area contributed by atoms with Gasteiger partial charge >= 0.3 is 12.1 Å². The van der Waals surface area contributed by atoms with Crippen molar-refractivity contribution in [3.8, 4) is 5.75 Å². The van der Waals surface area contributed by atoms with Crippen molar-refractivity contribution in [2.45, 2.75) is 19.1 Å². The summed E-state index contributed by atoms with van der Waals surface area (Å²) < 4.78 is 12.1. The molecule has 0 saturated carbocycles. The van der Waals surface area contributed by atoms with E-state index in [4.69, 9.17) is 14.6 Å². The number of carbonyl (C=O) groups is 2. The molecule has 154 valence electrons. The highest BCUT2D eigenvalue weighted by Gasteiger charge is 2.30. The average molecular weight is 529 g/mol. The summed E-state index contributed by atoms with van der Waals surface area (Å²) in [5.74, 6) is -1.33. The fourth-order valence-electron chi connectivity index (χ4n) is 2.51. The van der Waals surface area contributed by atoms with Gasteiger partial charge < -0.3 is 19.7 Å². The minimum Gasteiger partial charge on any atom is -0.506 e. The lowest BCUT2D eigenvalue weighted by molar-refractivity contribution is -0.131. The molecule has 0 aliphatic heterocycles. The van der Waals surface area contributed by atoms with Gasteiger partial charge in [-0.1, -0.05) is 34.1 Å². The van der Waals surface area contributed by atoms with Crippen LogP contribution in [-0.2, 0) is 14.3 Å². The molecule has 9 heteroatoms. The van der Waals surface area contributed by atoms with E-state index in [1.165, 1.54) is 6.08 Å². The zero-order valence-corrected chi connectivity index (χ0v) is 18.5. The number of ether oxygens (including phenoxy) is 2. The summed E-state index contributed by atoms with van der Waals surface area (Å²) >= 11 is 6.58. The van der Waals surface area contributed by atoms with Gasteiger partial charge in [-0.2, -0.15) is 0 Å². The van der Waals surface area contributed by atoms with Crippen LogP contribution in [0.4, 0.5) is 10.5 Å². The summed E-state index contributed by atoms with van der Waals surface area (Å²) in [5.41, 5.74) is 0.757. The van der Waals surface area contributed by atoms with Gasteiger partial charge in [-0.3, -0.25) is 5.32 Å². The number of aliphatic carboxylic acids is 1. The standard InChI is InChI=1S/C20H19Br2NO6/c1-2-28-16(8-9-17(24)25)19(14-10-12(21)11-15(22)18(14)26)29-20(27)23-13-6-4-3-5-7-13/h3-11,16,19,26H,2H2,1H3,(H,23,27)(H,24,25)/b9-8+/t16-,19-/m1/s1. The topological polar surface area (TPSA) is 105 Å². The second-order valence-electron chi connectivity index (χ2n) is 5.76. The molecule has 29 heavy (non-hydrogen) atoms. The Kier molecular flexibility index (Phi) is 8.69. The number of nitrogens with one attached hydrogen (secondary N) is 1. The third kappa shape index (κ3) is 6.88. The Labute approximate surface area is 184 Å². The van der Waals surface area contributed by atoms with Crippen molar-refractivity contribution in [2.75, 3.05) is 11.9 Å². The average Bonchev–Trinajstić information content (AvgIpc) is 2.67. The maximum absolute atomic E-state index is 12.5. The molecule has 0 aromatic heterocycles. The van der Waals surface area contributed by atoms with Gasteiger partial charge in [0, 0.05) is 28.4 Å². The first-order chi connectivity index (χ1) is 13.8. The molecule has 0 fully saturated rings. The van der Waals surface area contributed by atoms with Gasteiger partial charge in [0.25, 0.3) is 0 Å². The van der Waals surface area contributed by atoms with Crippen molar-refractivity contribution < 1.29 is 29.3 Å². The van der Waals surface area contributed by atoms with Crippen molar-refractivity contribution in [1.82, 2.24) is 0 Å². The number of phenolic OH excluding ortho intramolecular Hbond substituents is 1. The van der Waals surface area contributed by atoms with Crippen LogP contribution in [0.15, 0.2) is 63.6 Å². The first kappa shape index (κ1) is 22.9. The van der Waals surface area contributed by atoms with Crippen LogP contribution in [0.5, 0.6) is 5.75 Å². The molecule has 0 radical (unpaired) electrons. The normalized spacial score (nSPS) is 13.1. The maximum atomic E-state index is 12.5. The van der Waals surface area contributed by atoms with Gasteiger partial charge in [0.2, 0.25) is 0 Å². The lowest BCUT2D eigenvalue weighted by atomic mass is 10.0. The Hall–Kier alpha value is -2.36. The van der Waals surface area contributed by atoms with Gasteiger partial charge in [0.05, 0.1) is 4.47 Å². The molecule has 0 aliphatic carbocycles. The van der Waals surface area contributed by atoms with E-state index in [-0.39, 0.29) is 17.9 Å². The van der Waals surface area contributed by atoms with E-state index in [9.17, 15) is 14.7 Å². The fourth-order valence-corrected chi connectivity index (χ4v) is 3.77. The van der Waals surface area contributed by atoms with E-state index in [1.807, 2.05) is 0 Å². The predicted molar refractivity (Wildman–Crippen MR) is 115 cm³/mol. The number of carboxylic acid groups (broad SMARTS) is 1. The van der Waals surface area contributed by atoms with E-state index in [2.05, 4.69) is 37.2 Å². The quantitative estimate of drug-likeness (QED) is 0.404. The first-order valence-electron chi connectivity index (χ1n) is 8.55. The summed E-state index contributed by atoms with van der Waals surface area (Å²) in [4.78, 5) is 23.5. The number of carboxylic acids is 1. The van der Waals surface area contributed by atoms with Gasteiger partial charge in [-0.15, -0.1) is 0 Å². The number of anilines is 1. The van der Waals surface area contributed by atoms with Crippen LogP contribution < -0.4 is 5.32 Å². The fraction of sp³-hybridized carbons (Fsp3) is 0.200. The molecule has 0 spiro atoms. The summed E-state index contributed by atoms with van der Waals surface area (Å²) in [6.45, 7) is 1.95. The number of halogens is 2. The number of benzene rings is 2. The molecule has 0 heterocycles. The number of para-hydroxylation sites is 1. The second-order valence-corrected chi connectivity index (χ2v) is 7.53. The van der Waals surface area contributed by atoms with Crippen LogP contribution in [0.3, 0.4) is 0 Å². The van der Waals surface area contributed by atoms with Crippen LogP contribution >= 0.6 is 31.9 Å². The van der Waals surface area contributed by atoms with Crippen LogP contribution in [0.2, 0.25) is 0 Å². The Bertz CT molecular complexity index is 888. The van der Waals surface area contributed by atoms with Crippen LogP contribution in [0.1, 0.15) is 18.6 Å². The Morgan fingerprint density at radius 3 is 2.52 bits per heavy atom. The highest BCUT2D eigenvalue weighted by molar-refractivity contribution is 9.11. The lowest BCUT2D eigenvalue weighted by Gasteiger charge is -2.26. The molecule has 7 nitrogen and oxygen atoms in total. The van der Waals surface area contributed by atoms with E-state index in [1.54, 1.807) is 49.4 Å². The number of rotatable bonds is 8. The number of hydrogen-bond donors (Lipinski definition) is 3. The molecule has 3 N–H and O–H groups in total. The minimum absolute atomic E-state index is 0.154. The summed E-state index contributed by atoms with van der Waals surface area (Å²) in [6.07, 6.45) is -0.700. The largest absolute Gasteiger partial charge is 0.506 e. The van der Waals surface area contributed by atoms with Crippen molar-refractivity contribution in [2.24, 2.45) is 0 Å². The Morgan fingerprint density at radius 1 is 1.21 bits per heavy atom. The van der Waals surface area contributed by atoms with Gasteiger partial charge in [-0.25, -0.2) is 9.59 Å². The number of aromatic hydroxyl groups is 1. The third-order valence-electron chi connectivity index (χ3n) is 3.70.